The van der Waals surface area contributed by atoms with Crippen LogP contribution in [0.3, 0.4) is 0 Å². The summed E-state index contributed by atoms with van der Waals surface area (Å²) in [5.41, 5.74) is -0.617. The second-order valence-electron chi connectivity index (χ2n) is 6.23. The first kappa shape index (κ1) is 20.2. The van der Waals surface area contributed by atoms with Gasteiger partial charge in [-0.05, 0) is 40.5 Å². The Kier molecular flexibility index (Phi) is 8.52. The number of alkyl carbamates (subject to hydrolysis) is 1. The Bertz CT molecular complexity index is 390. The van der Waals surface area contributed by atoms with Crippen LogP contribution in [0.4, 0.5) is 4.79 Å². The van der Waals surface area contributed by atoms with Crippen LogP contribution in [0, 0.1) is 5.92 Å². The minimum atomic E-state index is -0.718. The van der Waals surface area contributed by atoms with Gasteiger partial charge in [-0.15, -0.1) is 0 Å². The van der Waals surface area contributed by atoms with Gasteiger partial charge in [0.1, 0.15) is 11.6 Å². The first-order valence-electron chi connectivity index (χ1n) is 7.48. The smallest absolute Gasteiger partial charge is 0.408 e. The minimum absolute atomic E-state index is 0.0447. The second kappa shape index (κ2) is 9.27. The van der Waals surface area contributed by atoms with E-state index in [1.807, 2.05) is 6.92 Å². The van der Waals surface area contributed by atoms with Gasteiger partial charge in [0.05, 0.1) is 6.61 Å². The Morgan fingerprint density at radius 2 is 1.73 bits per heavy atom. The molecule has 0 aliphatic rings. The number of carbonyl (C=O) groups excluding carboxylic acids is 3. The molecule has 0 aliphatic heterocycles. The summed E-state index contributed by atoms with van der Waals surface area (Å²) < 4.78 is 9.91. The van der Waals surface area contributed by atoms with Gasteiger partial charge in [0.25, 0.3) is 0 Å². The normalized spacial score (nSPS) is 13.7. The Morgan fingerprint density at radius 3 is 2.23 bits per heavy atom. The highest BCUT2D eigenvalue weighted by molar-refractivity contribution is 5.85. The zero-order valence-electron chi connectivity index (χ0n) is 14.3. The van der Waals surface area contributed by atoms with E-state index in [1.165, 1.54) is 0 Å². The van der Waals surface area contributed by atoms with E-state index >= 15 is 0 Å². The minimum Gasteiger partial charge on any atom is -0.466 e. The highest BCUT2D eigenvalue weighted by Gasteiger charge is 2.21. The standard InChI is InChI=1S/C15H28N2O5/c1-7-21-12(18)8-10(2)9-16-13(19)11(3)17-14(20)22-15(4,5)6/h10-11H,7-9H2,1-6H3,(H,16,19)(H,17,20). The van der Waals surface area contributed by atoms with E-state index in [2.05, 4.69) is 10.6 Å². The number of hydrogen-bond donors (Lipinski definition) is 2. The fourth-order valence-electron chi connectivity index (χ4n) is 1.55. The number of esters is 1. The monoisotopic (exact) mass is 316 g/mol. The lowest BCUT2D eigenvalue weighted by Gasteiger charge is -2.22. The molecule has 0 aromatic heterocycles. The SMILES string of the molecule is CCOC(=O)CC(C)CNC(=O)C(C)NC(=O)OC(C)(C)C. The quantitative estimate of drug-likeness (QED) is 0.696. The van der Waals surface area contributed by atoms with Crippen molar-refractivity contribution in [2.45, 2.75) is 59.6 Å². The zero-order chi connectivity index (χ0) is 17.3. The van der Waals surface area contributed by atoms with Gasteiger partial charge < -0.3 is 20.1 Å². The lowest BCUT2D eigenvalue weighted by Crippen LogP contribution is -2.47. The van der Waals surface area contributed by atoms with E-state index in [1.54, 1.807) is 34.6 Å². The molecule has 128 valence electrons. The average molecular weight is 316 g/mol. The first-order valence-corrected chi connectivity index (χ1v) is 7.48. The maximum Gasteiger partial charge on any atom is 0.408 e. The summed E-state index contributed by atoms with van der Waals surface area (Å²) in [5.74, 6) is -0.664. The van der Waals surface area contributed by atoms with E-state index < -0.39 is 17.7 Å². The molecular formula is C15H28N2O5. The second-order valence-corrected chi connectivity index (χ2v) is 6.23. The number of nitrogens with one attached hydrogen (secondary N) is 2. The molecule has 0 radical (unpaired) electrons. The van der Waals surface area contributed by atoms with Gasteiger partial charge in [0.2, 0.25) is 5.91 Å². The average Bonchev–Trinajstić information content (AvgIpc) is 2.33. The fraction of sp³-hybridized carbons (Fsp3) is 0.800. The number of amides is 2. The molecule has 0 aromatic rings. The highest BCUT2D eigenvalue weighted by atomic mass is 16.6. The zero-order valence-corrected chi connectivity index (χ0v) is 14.3. The van der Waals surface area contributed by atoms with E-state index in [9.17, 15) is 14.4 Å². The van der Waals surface area contributed by atoms with E-state index in [4.69, 9.17) is 9.47 Å². The van der Waals surface area contributed by atoms with Crippen LogP contribution < -0.4 is 10.6 Å². The van der Waals surface area contributed by atoms with Crippen molar-refractivity contribution in [1.29, 1.82) is 0 Å². The molecule has 0 saturated carbocycles. The summed E-state index contributed by atoms with van der Waals surface area (Å²) >= 11 is 0. The van der Waals surface area contributed by atoms with Crippen LogP contribution in [0.15, 0.2) is 0 Å². The molecule has 7 heteroatoms. The van der Waals surface area contributed by atoms with Crippen molar-refractivity contribution >= 4 is 18.0 Å². The summed E-state index contributed by atoms with van der Waals surface area (Å²) in [6.07, 6.45) is -0.406. The van der Waals surface area contributed by atoms with Crippen LogP contribution in [-0.4, -0.2) is 42.8 Å². The predicted octanol–water partition coefficient (Wildman–Crippen LogP) is 1.61. The third-order valence-corrected chi connectivity index (χ3v) is 2.57. The van der Waals surface area contributed by atoms with E-state index in [0.29, 0.717) is 13.2 Å². The Hall–Kier alpha value is -1.79. The Labute approximate surface area is 132 Å². The Morgan fingerprint density at radius 1 is 1.14 bits per heavy atom. The van der Waals surface area contributed by atoms with E-state index in [-0.39, 0.29) is 24.2 Å². The summed E-state index contributed by atoms with van der Waals surface area (Å²) in [6.45, 7) is 11.1. The van der Waals surface area contributed by atoms with Gasteiger partial charge in [-0.25, -0.2) is 4.79 Å². The van der Waals surface area contributed by atoms with Gasteiger partial charge in [0.15, 0.2) is 0 Å². The van der Waals surface area contributed by atoms with Crippen molar-refractivity contribution in [3.63, 3.8) is 0 Å². The molecule has 0 saturated heterocycles. The number of hydrogen-bond acceptors (Lipinski definition) is 5. The molecule has 2 unspecified atom stereocenters. The van der Waals surface area contributed by atoms with Crippen LogP contribution in [0.25, 0.3) is 0 Å². The summed E-state index contributed by atoms with van der Waals surface area (Å²) in [5, 5.41) is 5.14. The molecule has 2 amide bonds. The number of ether oxygens (including phenoxy) is 2. The molecule has 7 nitrogen and oxygen atoms in total. The molecule has 0 bridgehead atoms. The van der Waals surface area contributed by atoms with Gasteiger partial charge in [-0.3, -0.25) is 9.59 Å². The summed E-state index contributed by atoms with van der Waals surface area (Å²) in [6, 6.07) is -0.718. The van der Waals surface area contributed by atoms with Gasteiger partial charge in [-0.1, -0.05) is 6.92 Å². The van der Waals surface area contributed by atoms with Crippen LogP contribution in [-0.2, 0) is 19.1 Å². The summed E-state index contributed by atoms with van der Waals surface area (Å²) in [7, 11) is 0. The third kappa shape index (κ3) is 10.0. The molecular weight excluding hydrogens is 288 g/mol. The third-order valence-electron chi connectivity index (χ3n) is 2.57. The van der Waals surface area contributed by atoms with Gasteiger partial charge in [0, 0.05) is 13.0 Å². The topological polar surface area (TPSA) is 93.7 Å². The maximum absolute atomic E-state index is 11.9. The Balaban J connectivity index is 4.10. The molecule has 0 aliphatic carbocycles. The molecule has 0 spiro atoms. The molecule has 0 aromatic carbocycles. The predicted molar refractivity (Wildman–Crippen MR) is 82.3 cm³/mol. The lowest BCUT2D eigenvalue weighted by atomic mass is 10.1. The molecule has 2 N–H and O–H groups in total. The number of rotatable bonds is 7. The van der Waals surface area contributed by atoms with Gasteiger partial charge in [-0.2, -0.15) is 0 Å². The summed E-state index contributed by atoms with van der Waals surface area (Å²) in [4.78, 5) is 34.7. The van der Waals surface area contributed by atoms with Crippen LogP contribution in [0.5, 0.6) is 0 Å². The molecule has 0 fully saturated rings. The van der Waals surface area contributed by atoms with Crippen molar-refractivity contribution in [1.82, 2.24) is 10.6 Å². The van der Waals surface area contributed by atoms with Crippen molar-refractivity contribution in [3.05, 3.63) is 0 Å². The maximum atomic E-state index is 11.9. The molecule has 0 rings (SSSR count). The number of carbonyl (C=O) groups is 3. The fourth-order valence-corrected chi connectivity index (χ4v) is 1.55. The van der Waals surface area contributed by atoms with Crippen LogP contribution >= 0.6 is 0 Å². The van der Waals surface area contributed by atoms with Crippen molar-refractivity contribution in [2.24, 2.45) is 5.92 Å². The van der Waals surface area contributed by atoms with Gasteiger partial charge >= 0.3 is 12.1 Å². The van der Waals surface area contributed by atoms with Crippen LogP contribution in [0.2, 0.25) is 0 Å². The largest absolute Gasteiger partial charge is 0.466 e. The van der Waals surface area contributed by atoms with Crippen LogP contribution in [0.1, 0.15) is 48.0 Å². The van der Waals surface area contributed by atoms with E-state index in [0.717, 1.165) is 0 Å². The van der Waals surface area contributed by atoms with Crippen molar-refractivity contribution in [3.8, 4) is 0 Å². The highest BCUT2D eigenvalue weighted by Crippen LogP contribution is 2.07. The molecule has 22 heavy (non-hydrogen) atoms. The lowest BCUT2D eigenvalue weighted by molar-refractivity contribution is -0.144. The molecule has 0 heterocycles. The first-order chi connectivity index (χ1) is 10.0. The van der Waals surface area contributed by atoms with Crippen molar-refractivity contribution < 1.29 is 23.9 Å². The van der Waals surface area contributed by atoms with Crippen molar-refractivity contribution in [2.75, 3.05) is 13.2 Å². The molecule has 2 atom stereocenters.